The molecule has 11 heteroatoms. The average Bonchev–Trinajstić information content (AvgIpc) is 3.24. The van der Waals surface area contributed by atoms with Crippen LogP contribution >= 0.6 is 0 Å². The number of rotatable bonds is 4. The minimum atomic E-state index is -4.56. The lowest BCUT2D eigenvalue weighted by Crippen LogP contribution is -2.30. The van der Waals surface area contributed by atoms with E-state index < -0.39 is 17.8 Å². The predicted molar refractivity (Wildman–Crippen MR) is 128 cm³/mol. The van der Waals surface area contributed by atoms with E-state index in [4.69, 9.17) is 6.57 Å². The van der Waals surface area contributed by atoms with Crippen LogP contribution in [-0.4, -0.2) is 20.7 Å². The SMILES string of the molecule is [C-]#[N+]C1=C(C)N(c2cccc(C(F)(F)F)c2)c2nc(NC(=O)C3CCC3)nn2[C@@H]1c1ccc(C#N)cc1. The normalized spacial score (nSPS) is 17.5. The summed E-state index contributed by atoms with van der Waals surface area (Å²) in [5.41, 5.74) is 0.966. The van der Waals surface area contributed by atoms with Crippen molar-refractivity contribution < 1.29 is 18.0 Å². The van der Waals surface area contributed by atoms with E-state index in [9.17, 15) is 23.2 Å². The molecule has 3 aromatic rings. The molecule has 1 N–H and O–H groups in total. The predicted octanol–water partition coefficient (Wildman–Crippen LogP) is 5.80. The molecule has 5 rings (SSSR count). The van der Waals surface area contributed by atoms with Crippen LogP contribution in [0.15, 0.2) is 59.9 Å². The molecule has 2 aromatic carbocycles. The largest absolute Gasteiger partial charge is 0.416 e. The topological polar surface area (TPSA) is 91.2 Å². The van der Waals surface area contributed by atoms with E-state index in [0.29, 0.717) is 16.8 Å². The van der Waals surface area contributed by atoms with E-state index in [1.807, 2.05) is 6.07 Å². The van der Waals surface area contributed by atoms with Crippen LogP contribution in [0.5, 0.6) is 0 Å². The second kappa shape index (κ2) is 9.10. The van der Waals surface area contributed by atoms with Crippen LogP contribution in [0.2, 0.25) is 0 Å². The summed E-state index contributed by atoms with van der Waals surface area (Å²) in [7, 11) is 0. The number of carbonyl (C=O) groups excluding carboxylic acids is 1. The smallest absolute Gasteiger partial charge is 0.294 e. The summed E-state index contributed by atoms with van der Waals surface area (Å²) in [5, 5.41) is 16.4. The molecule has 0 saturated heterocycles. The molecule has 0 spiro atoms. The Morgan fingerprint density at radius 2 is 1.95 bits per heavy atom. The van der Waals surface area contributed by atoms with Crippen LogP contribution in [-0.2, 0) is 11.0 Å². The third-order valence-electron chi connectivity index (χ3n) is 6.64. The third-order valence-corrected chi connectivity index (χ3v) is 6.64. The van der Waals surface area contributed by atoms with Crippen molar-refractivity contribution in [3.63, 3.8) is 0 Å². The quantitative estimate of drug-likeness (QED) is 0.455. The van der Waals surface area contributed by atoms with E-state index in [0.717, 1.165) is 31.4 Å². The van der Waals surface area contributed by atoms with E-state index in [1.54, 1.807) is 31.2 Å². The molecule has 2 heterocycles. The third kappa shape index (κ3) is 4.29. The van der Waals surface area contributed by atoms with Gasteiger partial charge in [-0.3, -0.25) is 15.0 Å². The van der Waals surface area contributed by atoms with Gasteiger partial charge in [0.1, 0.15) is 6.04 Å². The minimum Gasteiger partial charge on any atom is -0.294 e. The first kappa shape index (κ1) is 24.1. The van der Waals surface area contributed by atoms with Crippen molar-refractivity contribution in [2.24, 2.45) is 5.92 Å². The maximum absolute atomic E-state index is 13.5. The summed E-state index contributed by atoms with van der Waals surface area (Å²) < 4.78 is 41.9. The van der Waals surface area contributed by atoms with Crippen molar-refractivity contribution in [2.45, 2.75) is 38.4 Å². The van der Waals surface area contributed by atoms with Gasteiger partial charge in [-0.1, -0.05) is 24.6 Å². The van der Waals surface area contributed by atoms with Crippen molar-refractivity contribution in [3.05, 3.63) is 88.0 Å². The van der Waals surface area contributed by atoms with Gasteiger partial charge in [-0.05, 0) is 55.7 Å². The summed E-state index contributed by atoms with van der Waals surface area (Å²) >= 11 is 0. The highest BCUT2D eigenvalue weighted by molar-refractivity contribution is 5.91. The summed E-state index contributed by atoms with van der Waals surface area (Å²) in [5.74, 6) is -0.193. The van der Waals surface area contributed by atoms with Crippen LogP contribution in [0.3, 0.4) is 0 Å². The Bertz CT molecular complexity index is 1490. The molecule has 1 saturated carbocycles. The number of amides is 1. The zero-order chi connectivity index (χ0) is 26.3. The van der Waals surface area contributed by atoms with Gasteiger partial charge >= 0.3 is 6.18 Å². The lowest BCUT2D eigenvalue weighted by Gasteiger charge is -2.34. The first-order valence-corrected chi connectivity index (χ1v) is 11.5. The maximum atomic E-state index is 13.5. The number of alkyl halides is 3. The zero-order valence-corrected chi connectivity index (χ0v) is 19.6. The van der Waals surface area contributed by atoms with Crippen molar-refractivity contribution >= 4 is 23.5 Å². The highest BCUT2D eigenvalue weighted by Crippen LogP contribution is 2.44. The molecule has 0 bridgehead atoms. The molecular weight excluding hydrogens is 483 g/mol. The Balaban J connectivity index is 1.66. The van der Waals surface area contributed by atoms with Gasteiger partial charge in [-0.25, -0.2) is 9.53 Å². The molecule has 1 amide bonds. The number of hydrogen-bond acceptors (Lipinski definition) is 5. The molecule has 37 heavy (non-hydrogen) atoms. The molecule has 1 aromatic heterocycles. The number of hydrogen-bond donors (Lipinski definition) is 1. The van der Waals surface area contributed by atoms with Crippen molar-refractivity contribution in [1.82, 2.24) is 14.8 Å². The van der Waals surface area contributed by atoms with Crippen LogP contribution in [0.1, 0.15) is 48.9 Å². The fraction of sp³-hybridized carbons (Fsp3) is 0.269. The second-order valence-electron chi connectivity index (χ2n) is 8.90. The monoisotopic (exact) mass is 503 g/mol. The van der Waals surface area contributed by atoms with Gasteiger partial charge in [0.25, 0.3) is 5.95 Å². The number of nitriles is 1. The number of fused-ring (bicyclic) bond motifs is 1. The van der Waals surface area contributed by atoms with Gasteiger partial charge in [0, 0.05) is 17.3 Å². The van der Waals surface area contributed by atoms with E-state index in [-0.39, 0.29) is 35.1 Å². The van der Waals surface area contributed by atoms with E-state index in [2.05, 4.69) is 20.2 Å². The Morgan fingerprint density at radius 3 is 2.54 bits per heavy atom. The number of aromatic nitrogens is 3. The lowest BCUT2D eigenvalue weighted by atomic mass is 9.85. The van der Waals surface area contributed by atoms with Crippen LogP contribution < -0.4 is 10.2 Å². The molecule has 0 unspecified atom stereocenters. The molecule has 1 atom stereocenters. The average molecular weight is 503 g/mol. The van der Waals surface area contributed by atoms with Crippen LogP contribution in [0, 0.1) is 23.8 Å². The number of benzene rings is 2. The van der Waals surface area contributed by atoms with Crippen molar-refractivity contribution in [3.8, 4) is 6.07 Å². The van der Waals surface area contributed by atoms with Gasteiger partial charge < -0.3 is 0 Å². The van der Waals surface area contributed by atoms with Crippen LogP contribution in [0.25, 0.3) is 4.85 Å². The highest BCUT2D eigenvalue weighted by Gasteiger charge is 2.38. The van der Waals surface area contributed by atoms with Gasteiger partial charge in [0.15, 0.2) is 0 Å². The molecule has 1 aliphatic carbocycles. The second-order valence-corrected chi connectivity index (χ2v) is 8.90. The summed E-state index contributed by atoms with van der Waals surface area (Å²) in [4.78, 5) is 22.2. The summed E-state index contributed by atoms with van der Waals surface area (Å²) in [6.07, 6.45) is -2.06. The maximum Gasteiger partial charge on any atom is 0.416 e. The standard InChI is InChI=1S/C26H20F3N7O/c1-15-21(31-2)22(17-11-9-16(14-30)10-12-17)36-25(33-24(34-36)32-23(37)18-5-3-6-18)35(15)20-8-4-7-19(13-20)26(27,28)29/h4,7-13,18,22H,3,5-6H2,1H3,(H,32,34,37)/t22-/m1/s1. The number of anilines is 3. The first-order chi connectivity index (χ1) is 17.7. The van der Waals surface area contributed by atoms with Crippen LogP contribution in [0.4, 0.5) is 30.8 Å². The Kier molecular flexibility index (Phi) is 5.92. The Labute approximate surface area is 210 Å². The van der Waals surface area contributed by atoms with E-state index in [1.165, 1.54) is 21.7 Å². The minimum absolute atomic E-state index is 0.00144. The van der Waals surface area contributed by atoms with Gasteiger partial charge in [-0.2, -0.15) is 23.4 Å². The number of nitrogens with one attached hydrogen (secondary N) is 1. The van der Waals surface area contributed by atoms with Gasteiger partial charge in [-0.15, -0.1) is 5.10 Å². The molecule has 8 nitrogen and oxygen atoms in total. The highest BCUT2D eigenvalue weighted by atomic mass is 19.4. The molecule has 2 aliphatic rings. The van der Waals surface area contributed by atoms with Gasteiger partial charge in [0.2, 0.25) is 17.6 Å². The Hall–Kier alpha value is -4.64. The fourth-order valence-corrected chi connectivity index (χ4v) is 4.47. The van der Waals surface area contributed by atoms with Crippen molar-refractivity contribution in [1.29, 1.82) is 5.26 Å². The van der Waals surface area contributed by atoms with E-state index >= 15 is 0 Å². The number of allylic oxidation sites excluding steroid dienone is 2. The number of carbonyl (C=O) groups is 1. The molecule has 1 aliphatic heterocycles. The van der Waals surface area contributed by atoms with Crippen molar-refractivity contribution in [2.75, 3.05) is 10.2 Å². The molecule has 0 radical (unpaired) electrons. The molecule has 1 fully saturated rings. The lowest BCUT2D eigenvalue weighted by molar-refractivity contribution is -0.137. The first-order valence-electron chi connectivity index (χ1n) is 11.5. The summed E-state index contributed by atoms with van der Waals surface area (Å²) in [6.45, 7) is 9.54. The zero-order valence-electron chi connectivity index (χ0n) is 19.6. The molecular formula is C26H20F3N7O. The molecule has 186 valence electrons. The Morgan fingerprint density at radius 1 is 1.22 bits per heavy atom. The summed E-state index contributed by atoms with van der Waals surface area (Å²) in [6, 6.07) is 12.6. The number of nitrogens with zero attached hydrogens (tertiary/aromatic N) is 6. The van der Waals surface area contributed by atoms with Gasteiger partial charge in [0.05, 0.1) is 23.8 Å². The number of halogens is 3. The fourth-order valence-electron chi connectivity index (χ4n) is 4.47.